The van der Waals surface area contributed by atoms with Crippen molar-refractivity contribution in [3.05, 3.63) is 173 Å². The van der Waals surface area contributed by atoms with Gasteiger partial charge in [-0.3, -0.25) is 0 Å². The third-order valence-corrected chi connectivity index (χ3v) is 13.5. The molecule has 1 unspecified atom stereocenters. The highest BCUT2D eigenvalue weighted by molar-refractivity contribution is 5.96. The molecule has 4 aliphatic rings. The van der Waals surface area contributed by atoms with E-state index in [1.807, 2.05) is 54.6 Å². The van der Waals surface area contributed by atoms with Gasteiger partial charge in [0, 0.05) is 16.7 Å². The van der Waals surface area contributed by atoms with E-state index in [1.54, 1.807) is 0 Å². The summed E-state index contributed by atoms with van der Waals surface area (Å²) in [5.74, 6) is 4.06. The van der Waals surface area contributed by atoms with E-state index in [2.05, 4.69) is 105 Å². The third-order valence-electron chi connectivity index (χ3n) is 13.5. The molecule has 4 aliphatic carbocycles. The van der Waals surface area contributed by atoms with Crippen LogP contribution in [0.25, 0.3) is 56.4 Å². The molecule has 2 saturated carbocycles. The predicted molar refractivity (Wildman–Crippen MR) is 224 cm³/mol. The number of nitriles is 1. The van der Waals surface area contributed by atoms with Crippen LogP contribution in [0, 0.1) is 29.1 Å². The maximum Gasteiger partial charge on any atom is 0.164 e. The summed E-state index contributed by atoms with van der Waals surface area (Å²) >= 11 is 0. The first-order valence-electron chi connectivity index (χ1n) is 20.3. The molecule has 1 heterocycles. The van der Waals surface area contributed by atoms with E-state index in [1.165, 1.54) is 82.2 Å². The van der Waals surface area contributed by atoms with E-state index in [4.69, 9.17) is 15.0 Å². The monoisotopic (exact) mass is 722 g/mol. The summed E-state index contributed by atoms with van der Waals surface area (Å²) in [5.41, 5.74) is 15.0. The topological polar surface area (TPSA) is 62.5 Å². The molecule has 11 rings (SSSR count). The van der Waals surface area contributed by atoms with Gasteiger partial charge in [-0.25, -0.2) is 15.0 Å². The summed E-state index contributed by atoms with van der Waals surface area (Å²) in [6.07, 6.45) is 6.58. The van der Waals surface area contributed by atoms with Crippen LogP contribution in [0.5, 0.6) is 0 Å². The van der Waals surface area contributed by atoms with Crippen LogP contribution in [-0.2, 0) is 10.8 Å². The first-order valence-corrected chi connectivity index (χ1v) is 20.3. The lowest BCUT2D eigenvalue weighted by atomic mass is 9.54. The van der Waals surface area contributed by atoms with Gasteiger partial charge in [0.25, 0.3) is 0 Å². The van der Waals surface area contributed by atoms with E-state index < -0.39 is 5.41 Å². The molecular formula is C52H42N4. The number of aromatic nitrogens is 3. The van der Waals surface area contributed by atoms with Crippen LogP contribution in [-0.4, -0.2) is 15.0 Å². The number of hydrogen-bond acceptors (Lipinski definition) is 4. The van der Waals surface area contributed by atoms with Crippen LogP contribution in [0.2, 0.25) is 0 Å². The lowest BCUT2D eigenvalue weighted by Crippen LogP contribution is -2.42. The van der Waals surface area contributed by atoms with Crippen molar-refractivity contribution in [2.24, 2.45) is 17.8 Å². The smallest absolute Gasteiger partial charge is 0.164 e. The molecule has 4 atom stereocenters. The Labute approximate surface area is 329 Å². The van der Waals surface area contributed by atoms with Crippen LogP contribution in [0.1, 0.15) is 79.3 Å². The Morgan fingerprint density at radius 2 is 1.04 bits per heavy atom. The summed E-state index contributed by atoms with van der Waals surface area (Å²) in [6.45, 7) is 4.98. The second kappa shape index (κ2) is 12.4. The molecular weight excluding hydrogens is 681 g/mol. The lowest BCUT2D eigenvalue weighted by molar-refractivity contribution is 0.0780. The zero-order valence-electron chi connectivity index (χ0n) is 31.8. The van der Waals surface area contributed by atoms with Crippen LogP contribution >= 0.6 is 0 Å². The van der Waals surface area contributed by atoms with Gasteiger partial charge in [-0.1, -0.05) is 135 Å². The highest BCUT2D eigenvalue weighted by atomic mass is 15.0. The van der Waals surface area contributed by atoms with Gasteiger partial charge in [0.15, 0.2) is 17.5 Å². The minimum Gasteiger partial charge on any atom is -0.208 e. The number of benzene rings is 6. The fourth-order valence-corrected chi connectivity index (χ4v) is 11.7. The van der Waals surface area contributed by atoms with Gasteiger partial charge in [-0.15, -0.1) is 0 Å². The van der Waals surface area contributed by atoms with Crippen molar-refractivity contribution in [1.82, 2.24) is 15.0 Å². The van der Waals surface area contributed by atoms with E-state index in [0.29, 0.717) is 23.0 Å². The Morgan fingerprint density at radius 3 is 1.70 bits per heavy atom. The Bertz CT molecular complexity index is 2690. The van der Waals surface area contributed by atoms with Crippen molar-refractivity contribution in [2.75, 3.05) is 0 Å². The number of fused-ring (bicyclic) bond motifs is 12. The molecule has 0 radical (unpaired) electrons. The molecule has 4 nitrogen and oxygen atoms in total. The van der Waals surface area contributed by atoms with Gasteiger partial charge in [-0.2, -0.15) is 5.26 Å². The molecule has 4 heteroatoms. The highest BCUT2D eigenvalue weighted by Gasteiger charge is 2.53. The van der Waals surface area contributed by atoms with Crippen molar-refractivity contribution in [1.29, 1.82) is 5.26 Å². The lowest BCUT2D eigenvalue weighted by Gasteiger charge is -2.50. The van der Waals surface area contributed by atoms with Gasteiger partial charge in [0.05, 0.1) is 17.0 Å². The fourth-order valence-electron chi connectivity index (χ4n) is 11.7. The molecule has 0 N–H and O–H groups in total. The third kappa shape index (κ3) is 4.86. The number of nitrogens with zero attached hydrogens (tertiary/aromatic N) is 4. The largest absolute Gasteiger partial charge is 0.208 e. The second-order valence-corrected chi connectivity index (χ2v) is 17.2. The quantitative estimate of drug-likeness (QED) is 0.181. The van der Waals surface area contributed by atoms with Gasteiger partial charge in [0.2, 0.25) is 0 Å². The average Bonchev–Trinajstić information content (AvgIpc) is 3.70. The predicted octanol–water partition coefficient (Wildman–Crippen LogP) is 12.2. The molecule has 1 spiro atoms. The molecule has 270 valence electrons. The van der Waals surface area contributed by atoms with E-state index in [0.717, 1.165) is 34.4 Å². The van der Waals surface area contributed by atoms with Crippen molar-refractivity contribution >= 4 is 0 Å². The van der Waals surface area contributed by atoms with E-state index in [9.17, 15) is 5.26 Å². The normalized spacial score (nSPS) is 22.1. The molecule has 6 aromatic carbocycles. The Hall–Kier alpha value is -6.18. The van der Waals surface area contributed by atoms with Gasteiger partial charge >= 0.3 is 0 Å². The molecule has 0 saturated heterocycles. The first kappa shape index (κ1) is 33.2. The number of hydrogen-bond donors (Lipinski definition) is 0. The van der Waals surface area contributed by atoms with Gasteiger partial charge in [0.1, 0.15) is 0 Å². The van der Waals surface area contributed by atoms with Crippen LogP contribution < -0.4 is 0 Å². The molecule has 2 bridgehead atoms. The molecule has 0 amide bonds. The minimum absolute atomic E-state index is 0.214. The Morgan fingerprint density at radius 1 is 0.500 bits per heavy atom. The summed E-state index contributed by atoms with van der Waals surface area (Å²) in [7, 11) is 0. The summed E-state index contributed by atoms with van der Waals surface area (Å²) in [5, 5.41) is 9.73. The Kier molecular flexibility index (Phi) is 7.36. The molecule has 56 heavy (non-hydrogen) atoms. The SMILES string of the molecule is C[C@@H]1C[C@@H]2C[C@H](C)CC(c3ccc4c(c3)C3(c5ccccc5-c5ccccc53)c3cc(-c5nc(-c6ccccc6)nc(-c6cccc(C#N)c6)n5)ccc3-4)(C1)C2. The number of rotatable bonds is 4. The molecule has 2 fully saturated rings. The average molecular weight is 723 g/mol. The van der Waals surface area contributed by atoms with Crippen molar-refractivity contribution in [3.63, 3.8) is 0 Å². The second-order valence-electron chi connectivity index (χ2n) is 17.2. The van der Waals surface area contributed by atoms with Crippen molar-refractivity contribution < 1.29 is 0 Å². The first-order chi connectivity index (χ1) is 27.4. The molecule has 7 aromatic rings. The standard InChI is InChI=1S/C52H42N4/c1-32-23-35-24-33(2)29-51(28-32,30-35)39-20-22-43-42-21-19-38(26-46(42)52(47(43)27-39)44-17-8-6-15-40(44)41-16-7-9-18-45(41)52)50-55-48(36-12-4-3-5-13-36)54-49(56-50)37-14-10-11-34(25-37)31-53/h3-22,25-27,32-33,35H,23-24,28-30H2,1-2H3/t32-,33+,35-,51?. The molecule has 0 aliphatic heterocycles. The van der Waals surface area contributed by atoms with Crippen LogP contribution in [0.15, 0.2) is 140 Å². The van der Waals surface area contributed by atoms with Gasteiger partial charge < -0.3 is 0 Å². The van der Waals surface area contributed by atoms with Gasteiger partial charge in [-0.05, 0) is 124 Å². The van der Waals surface area contributed by atoms with E-state index in [-0.39, 0.29) is 5.41 Å². The van der Waals surface area contributed by atoms with Crippen molar-refractivity contribution in [2.45, 2.75) is 56.8 Å². The highest BCUT2D eigenvalue weighted by Crippen LogP contribution is 2.64. The van der Waals surface area contributed by atoms with E-state index >= 15 is 0 Å². The zero-order valence-corrected chi connectivity index (χ0v) is 31.8. The summed E-state index contributed by atoms with van der Waals surface area (Å²) in [4.78, 5) is 15.3. The minimum atomic E-state index is -0.486. The summed E-state index contributed by atoms with van der Waals surface area (Å²) < 4.78 is 0. The fraction of sp³-hybridized carbons (Fsp3) is 0.231. The Balaban J connectivity index is 1.15. The summed E-state index contributed by atoms with van der Waals surface area (Å²) in [6, 6.07) is 52.5. The maximum absolute atomic E-state index is 9.73. The van der Waals surface area contributed by atoms with Crippen LogP contribution in [0.4, 0.5) is 0 Å². The zero-order chi connectivity index (χ0) is 37.6. The van der Waals surface area contributed by atoms with Crippen molar-refractivity contribution in [3.8, 4) is 62.5 Å². The maximum atomic E-state index is 9.73. The molecule has 1 aromatic heterocycles. The van der Waals surface area contributed by atoms with Crippen LogP contribution in [0.3, 0.4) is 0 Å².